The summed E-state index contributed by atoms with van der Waals surface area (Å²) in [5.74, 6) is -0.539. The largest absolute Gasteiger partial charge is 0.481 e. The number of hydrogen-bond acceptors (Lipinski definition) is 2. The molecule has 2 rings (SSSR count). The van der Waals surface area contributed by atoms with Crippen LogP contribution in [0.4, 0.5) is 0 Å². The molecule has 1 saturated heterocycles. The predicted octanol–water partition coefficient (Wildman–Crippen LogP) is 3.08. The van der Waals surface area contributed by atoms with Gasteiger partial charge in [0.15, 0.2) is 0 Å². The first-order valence-corrected chi connectivity index (χ1v) is 7.54. The fourth-order valence-corrected chi connectivity index (χ4v) is 2.98. The molecule has 0 saturated carbocycles. The van der Waals surface area contributed by atoms with Crippen LogP contribution in [0.2, 0.25) is 0 Å². The highest BCUT2D eigenvalue weighted by atomic mass is 79.9. The number of carboxylic acids is 1. The van der Waals surface area contributed by atoms with E-state index in [1.54, 1.807) is 0 Å². The van der Waals surface area contributed by atoms with E-state index in [1.165, 1.54) is 0 Å². The lowest BCUT2D eigenvalue weighted by Crippen LogP contribution is -2.39. The van der Waals surface area contributed by atoms with Crippen molar-refractivity contribution in [3.05, 3.63) is 33.8 Å². The average molecular weight is 340 g/mol. The van der Waals surface area contributed by atoms with Gasteiger partial charge in [0.25, 0.3) is 5.91 Å². The van der Waals surface area contributed by atoms with Crippen LogP contribution in [-0.2, 0) is 4.79 Å². The molecule has 0 aliphatic carbocycles. The van der Waals surface area contributed by atoms with Gasteiger partial charge in [-0.05, 0) is 53.7 Å². The first-order valence-electron chi connectivity index (χ1n) is 6.74. The zero-order chi connectivity index (χ0) is 14.7. The van der Waals surface area contributed by atoms with Crippen molar-refractivity contribution < 1.29 is 14.7 Å². The van der Waals surface area contributed by atoms with Crippen molar-refractivity contribution in [1.82, 2.24) is 4.90 Å². The molecule has 20 heavy (non-hydrogen) atoms. The molecule has 1 aromatic carbocycles. The van der Waals surface area contributed by atoms with Gasteiger partial charge >= 0.3 is 5.97 Å². The molecule has 1 heterocycles. The van der Waals surface area contributed by atoms with Gasteiger partial charge in [0.05, 0.1) is 5.56 Å². The van der Waals surface area contributed by atoms with E-state index in [0.717, 1.165) is 22.9 Å². The number of carbonyl (C=O) groups is 2. The van der Waals surface area contributed by atoms with Crippen molar-refractivity contribution in [2.45, 2.75) is 26.2 Å². The Balaban J connectivity index is 2.01. The lowest BCUT2D eigenvalue weighted by Gasteiger charge is -2.31. The number of benzene rings is 1. The van der Waals surface area contributed by atoms with Crippen LogP contribution < -0.4 is 0 Å². The number of carboxylic acid groups (broad SMARTS) is 1. The second-order valence-electron chi connectivity index (χ2n) is 5.32. The van der Waals surface area contributed by atoms with Crippen molar-refractivity contribution in [2.24, 2.45) is 5.92 Å². The van der Waals surface area contributed by atoms with Gasteiger partial charge in [0.1, 0.15) is 0 Å². The van der Waals surface area contributed by atoms with Crippen molar-refractivity contribution in [1.29, 1.82) is 0 Å². The lowest BCUT2D eigenvalue weighted by atomic mass is 9.93. The van der Waals surface area contributed by atoms with Crippen LogP contribution in [0.5, 0.6) is 0 Å². The minimum atomic E-state index is -0.754. The van der Waals surface area contributed by atoms with Crippen LogP contribution in [0, 0.1) is 12.8 Å². The van der Waals surface area contributed by atoms with Crippen molar-refractivity contribution in [2.75, 3.05) is 13.1 Å². The second-order valence-corrected chi connectivity index (χ2v) is 6.17. The van der Waals surface area contributed by atoms with Crippen LogP contribution in [0.25, 0.3) is 0 Å². The quantitative estimate of drug-likeness (QED) is 0.920. The van der Waals surface area contributed by atoms with Gasteiger partial charge in [0.2, 0.25) is 0 Å². The molecule has 1 aromatic rings. The molecule has 0 radical (unpaired) electrons. The van der Waals surface area contributed by atoms with Gasteiger partial charge in [-0.3, -0.25) is 9.59 Å². The van der Waals surface area contributed by atoms with E-state index >= 15 is 0 Å². The molecule has 0 spiro atoms. The van der Waals surface area contributed by atoms with E-state index in [1.807, 2.05) is 30.0 Å². The number of piperidine rings is 1. The normalized spacial score (nSPS) is 16.2. The number of nitrogens with zero attached hydrogens (tertiary/aromatic N) is 1. The van der Waals surface area contributed by atoms with E-state index < -0.39 is 5.97 Å². The standard InChI is InChI=1S/C15H18BrNO3/c1-10-2-3-13(16)12(8-10)15(20)17-6-4-11(5-7-17)9-14(18)19/h2-3,8,11H,4-7,9H2,1H3,(H,18,19). The number of rotatable bonds is 3. The van der Waals surface area contributed by atoms with Crippen LogP contribution >= 0.6 is 15.9 Å². The molecule has 5 heteroatoms. The van der Waals surface area contributed by atoms with E-state index in [4.69, 9.17) is 5.11 Å². The van der Waals surface area contributed by atoms with E-state index in [9.17, 15) is 9.59 Å². The third kappa shape index (κ3) is 3.60. The number of aliphatic carboxylic acids is 1. The molecule has 1 aliphatic rings. The maximum atomic E-state index is 12.5. The first kappa shape index (κ1) is 15.0. The third-order valence-corrected chi connectivity index (χ3v) is 4.41. The highest BCUT2D eigenvalue weighted by Gasteiger charge is 2.25. The Morgan fingerprint density at radius 2 is 2.00 bits per heavy atom. The average Bonchev–Trinajstić information content (AvgIpc) is 2.41. The maximum absolute atomic E-state index is 12.5. The Morgan fingerprint density at radius 1 is 1.35 bits per heavy atom. The molecular formula is C15H18BrNO3. The van der Waals surface area contributed by atoms with E-state index in [0.29, 0.717) is 18.7 Å². The van der Waals surface area contributed by atoms with Crippen LogP contribution in [0.15, 0.2) is 22.7 Å². The fourth-order valence-electron chi connectivity index (χ4n) is 2.56. The Bertz CT molecular complexity index is 522. The number of halogens is 1. The predicted molar refractivity (Wildman–Crippen MR) is 79.8 cm³/mol. The molecule has 0 bridgehead atoms. The summed E-state index contributed by atoms with van der Waals surface area (Å²) < 4.78 is 0.806. The van der Waals surface area contributed by atoms with Crippen LogP contribution in [0.1, 0.15) is 35.2 Å². The first-order chi connectivity index (χ1) is 9.47. The van der Waals surface area contributed by atoms with E-state index in [2.05, 4.69) is 15.9 Å². The molecule has 1 aliphatic heterocycles. The van der Waals surface area contributed by atoms with Crippen molar-refractivity contribution in [3.63, 3.8) is 0 Å². The summed E-state index contributed by atoms with van der Waals surface area (Å²) in [4.78, 5) is 25.0. The molecule has 0 atom stereocenters. The number of aryl methyl sites for hydroxylation is 1. The summed E-state index contributed by atoms with van der Waals surface area (Å²) in [6.45, 7) is 3.23. The van der Waals surface area contributed by atoms with Gasteiger partial charge in [0, 0.05) is 24.0 Å². The molecule has 1 fully saturated rings. The Hall–Kier alpha value is -1.36. The summed E-state index contributed by atoms with van der Waals surface area (Å²) in [6.07, 6.45) is 1.74. The number of hydrogen-bond donors (Lipinski definition) is 1. The fraction of sp³-hybridized carbons (Fsp3) is 0.467. The number of carbonyl (C=O) groups excluding carboxylic acids is 1. The van der Waals surface area contributed by atoms with Crippen molar-refractivity contribution >= 4 is 27.8 Å². The van der Waals surface area contributed by atoms with Gasteiger partial charge < -0.3 is 10.0 Å². The van der Waals surface area contributed by atoms with Crippen LogP contribution in [0.3, 0.4) is 0 Å². The maximum Gasteiger partial charge on any atom is 0.303 e. The molecule has 1 N–H and O–H groups in total. The molecular weight excluding hydrogens is 322 g/mol. The highest BCUT2D eigenvalue weighted by Crippen LogP contribution is 2.25. The zero-order valence-electron chi connectivity index (χ0n) is 11.4. The van der Waals surface area contributed by atoms with Gasteiger partial charge in [-0.2, -0.15) is 0 Å². The molecule has 0 unspecified atom stereocenters. The van der Waals surface area contributed by atoms with Gasteiger partial charge in [-0.1, -0.05) is 11.6 Å². The zero-order valence-corrected chi connectivity index (χ0v) is 13.0. The lowest BCUT2D eigenvalue weighted by molar-refractivity contribution is -0.138. The van der Waals surface area contributed by atoms with Gasteiger partial charge in [-0.15, -0.1) is 0 Å². The summed E-state index contributed by atoms with van der Waals surface area (Å²) in [5.41, 5.74) is 1.74. The van der Waals surface area contributed by atoms with Gasteiger partial charge in [-0.25, -0.2) is 0 Å². The number of likely N-dealkylation sites (tertiary alicyclic amines) is 1. The summed E-state index contributed by atoms with van der Waals surface area (Å²) >= 11 is 3.42. The topological polar surface area (TPSA) is 57.6 Å². The van der Waals surface area contributed by atoms with Crippen molar-refractivity contribution in [3.8, 4) is 0 Å². The smallest absolute Gasteiger partial charge is 0.303 e. The van der Waals surface area contributed by atoms with Crippen LogP contribution in [-0.4, -0.2) is 35.0 Å². The highest BCUT2D eigenvalue weighted by molar-refractivity contribution is 9.10. The van der Waals surface area contributed by atoms with E-state index in [-0.39, 0.29) is 18.2 Å². The Kier molecular flexibility index (Phi) is 4.81. The molecule has 0 aromatic heterocycles. The monoisotopic (exact) mass is 339 g/mol. The SMILES string of the molecule is Cc1ccc(Br)c(C(=O)N2CCC(CC(=O)O)CC2)c1. The molecule has 1 amide bonds. The summed E-state index contributed by atoms with van der Waals surface area (Å²) in [5, 5.41) is 8.80. The number of amides is 1. The minimum Gasteiger partial charge on any atom is -0.481 e. The third-order valence-electron chi connectivity index (χ3n) is 3.72. The molecule has 108 valence electrons. The second kappa shape index (κ2) is 6.39. The summed E-state index contributed by atoms with van der Waals surface area (Å²) in [6, 6.07) is 5.73. The minimum absolute atomic E-state index is 0.0225. The Morgan fingerprint density at radius 3 is 2.60 bits per heavy atom. The molecule has 4 nitrogen and oxygen atoms in total. The Labute approximate surface area is 126 Å². The summed E-state index contributed by atoms with van der Waals surface area (Å²) in [7, 11) is 0.